The van der Waals surface area contributed by atoms with Crippen molar-refractivity contribution in [1.29, 1.82) is 0 Å². The van der Waals surface area contributed by atoms with Crippen LogP contribution < -0.4 is 0 Å². The highest BCUT2D eigenvalue weighted by molar-refractivity contribution is 6.30. The van der Waals surface area contributed by atoms with Gasteiger partial charge >= 0.3 is 5.97 Å². The zero-order valence-electron chi connectivity index (χ0n) is 6.42. The number of aliphatic carboxylic acids is 1. The third-order valence-corrected chi connectivity index (χ3v) is 1.75. The fraction of sp³-hybridized carbons (Fsp3) is 0.125. The van der Waals surface area contributed by atoms with Crippen molar-refractivity contribution < 1.29 is 19.4 Å². The SMILES string of the molecule is O=C(O)Cc1cc(Cl)c(F)cc1O. The van der Waals surface area contributed by atoms with Gasteiger partial charge in [0.1, 0.15) is 11.6 Å². The Morgan fingerprint density at radius 2 is 2.15 bits per heavy atom. The lowest BCUT2D eigenvalue weighted by molar-refractivity contribution is -0.136. The average molecular weight is 205 g/mol. The van der Waals surface area contributed by atoms with E-state index in [0.717, 1.165) is 12.1 Å². The van der Waals surface area contributed by atoms with Crippen LogP contribution in [0.2, 0.25) is 5.02 Å². The second-order valence-corrected chi connectivity index (χ2v) is 2.87. The van der Waals surface area contributed by atoms with E-state index in [-0.39, 0.29) is 17.0 Å². The Balaban J connectivity index is 3.08. The number of hydrogen-bond acceptors (Lipinski definition) is 2. The zero-order chi connectivity index (χ0) is 10.0. The molecule has 0 aliphatic rings. The van der Waals surface area contributed by atoms with Crippen LogP contribution in [-0.4, -0.2) is 16.2 Å². The summed E-state index contributed by atoms with van der Waals surface area (Å²) in [6.45, 7) is 0. The third kappa shape index (κ3) is 2.32. The minimum atomic E-state index is -1.11. The van der Waals surface area contributed by atoms with Crippen molar-refractivity contribution in [3.63, 3.8) is 0 Å². The predicted octanol–water partition coefficient (Wildman–Crippen LogP) is 1.81. The normalized spacial score (nSPS) is 10.0. The summed E-state index contributed by atoms with van der Waals surface area (Å²) in [4.78, 5) is 10.3. The van der Waals surface area contributed by atoms with Gasteiger partial charge < -0.3 is 10.2 Å². The van der Waals surface area contributed by atoms with Gasteiger partial charge in [0.05, 0.1) is 11.4 Å². The van der Waals surface area contributed by atoms with Gasteiger partial charge in [-0.1, -0.05) is 11.6 Å². The summed E-state index contributed by atoms with van der Waals surface area (Å²) in [5.74, 6) is -2.28. The maximum Gasteiger partial charge on any atom is 0.307 e. The van der Waals surface area contributed by atoms with E-state index in [1.54, 1.807) is 0 Å². The summed E-state index contributed by atoms with van der Waals surface area (Å²) < 4.78 is 12.7. The molecule has 1 aromatic carbocycles. The minimum absolute atomic E-state index is 0.0962. The number of carboxylic acid groups (broad SMARTS) is 1. The fourth-order valence-electron chi connectivity index (χ4n) is 0.882. The first kappa shape index (κ1) is 9.80. The van der Waals surface area contributed by atoms with Crippen LogP contribution in [0.1, 0.15) is 5.56 Å². The van der Waals surface area contributed by atoms with Gasteiger partial charge in [-0.25, -0.2) is 4.39 Å². The molecule has 0 heterocycles. The summed E-state index contributed by atoms with van der Waals surface area (Å²) >= 11 is 5.39. The van der Waals surface area contributed by atoms with Gasteiger partial charge in [0.2, 0.25) is 0 Å². The fourth-order valence-corrected chi connectivity index (χ4v) is 1.07. The second-order valence-electron chi connectivity index (χ2n) is 2.47. The van der Waals surface area contributed by atoms with Crippen molar-refractivity contribution in [3.8, 4) is 5.75 Å². The number of rotatable bonds is 2. The van der Waals surface area contributed by atoms with Gasteiger partial charge in [-0.3, -0.25) is 4.79 Å². The number of carboxylic acids is 1. The van der Waals surface area contributed by atoms with E-state index >= 15 is 0 Å². The summed E-state index contributed by atoms with van der Waals surface area (Å²) in [6, 6.07) is 1.89. The van der Waals surface area contributed by atoms with Crippen molar-refractivity contribution in [2.75, 3.05) is 0 Å². The third-order valence-electron chi connectivity index (χ3n) is 1.46. The molecule has 0 radical (unpaired) electrons. The Bertz CT molecular complexity index is 351. The van der Waals surface area contributed by atoms with Crippen LogP contribution >= 0.6 is 11.6 Å². The van der Waals surface area contributed by atoms with Crippen LogP contribution in [0.5, 0.6) is 5.75 Å². The number of halogens is 2. The molecule has 0 fully saturated rings. The standard InChI is InChI=1S/C8H6ClFO3/c9-5-1-4(2-8(12)13)7(11)3-6(5)10/h1,3,11H,2H2,(H,12,13). The van der Waals surface area contributed by atoms with Gasteiger partial charge in [0.25, 0.3) is 0 Å². The molecule has 0 aromatic heterocycles. The molecule has 0 unspecified atom stereocenters. The summed E-state index contributed by atoms with van der Waals surface area (Å²) in [5, 5.41) is 17.3. The first-order valence-electron chi connectivity index (χ1n) is 3.39. The van der Waals surface area contributed by atoms with E-state index in [2.05, 4.69) is 0 Å². The van der Waals surface area contributed by atoms with Crippen LogP contribution in [0, 0.1) is 5.82 Å². The lowest BCUT2D eigenvalue weighted by Gasteiger charge is -2.02. The van der Waals surface area contributed by atoms with Crippen molar-refractivity contribution >= 4 is 17.6 Å². The van der Waals surface area contributed by atoms with E-state index in [1.165, 1.54) is 0 Å². The van der Waals surface area contributed by atoms with E-state index in [9.17, 15) is 9.18 Å². The molecule has 1 aromatic rings. The highest BCUT2D eigenvalue weighted by atomic mass is 35.5. The number of hydrogen-bond donors (Lipinski definition) is 2. The van der Waals surface area contributed by atoms with Gasteiger partial charge in [-0.2, -0.15) is 0 Å². The van der Waals surface area contributed by atoms with Gasteiger partial charge in [0, 0.05) is 11.6 Å². The molecule has 3 nitrogen and oxygen atoms in total. The predicted molar refractivity (Wildman–Crippen MR) is 44.4 cm³/mol. The van der Waals surface area contributed by atoms with Crippen molar-refractivity contribution in [1.82, 2.24) is 0 Å². The molecule has 0 amide bonds. The molecule has 5 heteroatoms. The zero-order valence-corrected chi connectivity index (χ0v) is 7.18. The number of benzene rings is 1. The molecule has 0 saturated heterocycles. The maximum absolute atomic E-state index is 12.7. The maximum atomic E-state index is 12.7. The Kier molecular flexibility index (Phi) is 2.72. The van der Waals surface area contributed by atoms with Gasteiger partial charge in [-0.15, -0.1) is 0 Å². The quantitative estimate of drug-likeness (QED) is 0.773. The summed E-state index contributed by atoms with van der Waals surface area (Å²) in [6.07, 6.45) is -0.383. The van der Waals surface area contributed by atoms with E-state index in [4.69, 9.17) is 21.8 Å². The number of aromatic hydroxyl groups is 1. The molecular formula is C8H6ClFO3. The second kappa shape index (κ2) is 3.62. The molecule has 2 N–H and O–H groups in total. The molecule has 0 saturated carbocycles. The Hall–Kier alpha value is -1.29. The topological polar surface area (TPSA) is 57.5 Å². The average Bonchev–Trinajstić information content (AvgIpc) is 1.99. The number of carbonyl (C=O) groups is 1. The summed E-state index contributed by atoms with van der Waals surface area (Å²) in [5.41, 5.74) is 0.0962. The van der Waals surface area contributed by atoms with Crippen molar-refractivity contribution in [2.45, 2.75) is 6.42 Å². The number of phenols is 1. The molecule has 70 valence electrons. The molecule has 13 heavy (non-hydrogen) atoms. The van der Waals surface area contributed by atoms with Crippen LogP contribution in [0.25, 0.3) is 0 Å². The molecule has 0 atom stereocenters. The van der Waals surface area contributed by atoms with Crippen LogP contribution in [0.15, 0.2) is 12.1 Å². The highest BCUT2D eigenvalue weighted by Crippen LogP contribution is 2.25. The number of phenolic OH excluding ortho intramolecular Hbond substituents is 1. The van der Waals surface area contributed by atoms with Crippen molar-refractivity contribution in [2.24, 2.45) is 0 Å². The smallest absolute Gasteiger partial charge is 0.307 e. The van der Waals surface area contributed by atoms with E-state index in [0.29, 0.717) is 0 Å². The monoisotopic (exact) mass is 204 g/mol. The molecule has 0 aliphatic carbocycles. The van der Waals surface area contributed by atoms with Crippen molar-refractivity contribution in [3.05, 3.63) is 28.5 Å². The lowest BCUT2D eigenvalue weighted by atomic mass is 10.1. The first-order chi connectivity index (χ1) is 6.00. The molecular weight excluding hydrogens is 199 g/mol. The molecule has 0 spiro atoms. The van der Waals surface area contributed by atoms with Crippen LogP contribution in [0.3, 0.4) is 0 Å². The van der Waals surface area contributed by atoms with E-state index < -0.39 is 17.5 Å². The largest absolute Gasteiger partial charge is 0.508 e. The first-order valence-corrected chi connectivity index (χ1v) is 3.77. The lowest BCUT2D eigenvalue weighted by Crippen LogP contribution is -2.00. The summed E-state index contributed by atoms with van der Waals surface area (Å²) in [7, 11) is 0. The Labute approximate surface area is 78.4 Å². The minimum Gasteiger partial charge on any atom is -0.508 e. The molecule has 0 aliphatic heterocycles. The Morgan fingerprint density at radius 1 is 1.54 bits per heavy atom. The van der Waals surface area contributed by atoms with E-state index in [1.807, 2.05) is 0 Å². The van der Waals surface area contributed by atoms with Gasteiger partial charge in [0.15, 0.2) is 0 Å². The van der Waals surface area contributed by atoms with Crippen LogP contribution in [0.4, 0.5) is 4.39 Å². The Morgan fingerprint density at radius 3 is 2.69 bits per heavy atom. The highest BCUT2D eigenvalue weighted by Gasteiger charge is 2.10. The molecule has 1 rings (SSSR count). The molecule has 0 bridgehead atoms. The van der Waals surface area contributed by atoms with Crippen LogP contribution in [-0.2, 0) is 11.2 Å². The van der Waals surface area contributed by atoms with Gasteiger partial charge in [-0.05, 0) is 6.07 Å².